The predicted octanol–water partition coefficient (Wildman–Crippen LogP) is 4.84. The van der Waals surface area contributed by atoms with Crippen molar-refractivity contribution in [2.24, 2.45) is 0 Å². The summed E-state index contributed by atoms with van der Waals surface area (Å²) < 4.78 is 95.9. The van der Waals surface area contributed by atoms with Crippen LogP contribution >= 0.6 is 23.5 Å². The highest BCUT2D eigenvalue weighted by molar-refractivity contribution is 8.01. The maximum Gasteiger partial charge on any atom is 0.453 e. The number of nitrogens with zero attached hydrogens (tertiary/aromatic N) is 1. The van der Waals surface area contributed by atoms with Crippen molar-refractivity contribution >= 4 is 23.5 Å². The van der Waals surface area contributed by atoms with Crippen LogP contribution in [0.5, 0.6) is 0 Å². The zero-order valence-corrected chi connectivity index (χ0v) is 11.3. The average molecular weight is 347 g/mol. The number of halogens is 8. The van der Waals surface area contributed by atoms with E-state index in [0.717, 1.165) is 0 Å². The van der Waals surface area contributed by atoms with Gasteiger partial charge in [0.25, 0.3) is 0 Å². The molecule has 0 fully saturated rings. The second-order valence-corrected chi connectivity index (χ2v) is 5.99. The molecular weight excluding hydrogens is 338 g/mol. The van der Waals surface area contributed by atoms with Crippen molar-refractivity contribution in [3.63, 3.8) is 0 Å². The number of nitriles is 1. The largest absolute Gasteiger partial charge is 0.453 e. The van der Waals surface area contributed by atoms with E-state index in [0.29, 0.717) is 11.8 Å². The maximum absolute atomic E-state index is 12.5. The number of hydrogen-bond acceptors (Lipinski definition) is 3. The van der Waals surface area contributed by atoms with Gasteiger partial charge in [0.15, 0.2) is 0 Å². The molecule has 0 radical (unpaired) electrons. The Bertz CT molecular complexity index is 332. The molecule has 0 saturated carbocycles. The van der Waals surface area contributed by atoms with Crippen LogP contribution in [0.15, 0.2) is 0 Å². The van der Waals surface area contributed by atoms with Crippen LogP contribution in [0.3, 0.4) is 0 Å². The van der Waals surface area contributed by atoms with Crippen LogP contribution < -0.4 is 0 Å². The van der Waals surface area contributed by atoms with Crippen LogP contribution in [0.1, 0.15) is 12.8 Å². The lowest BCUT2D eigenvalue weighted by molar-refractivity contribution is -0.282. The lowest BCUT2D eigenvalue weighted by atomic mass is 10.2. The van der Waals surface area contributed by atoms with Crippen LogP contribution in [0.2, 0.25) is 0 Å². The average Bonchev–Trinajstić information content (AvgIpc) is 2.23. The van der Waals surface area contributed by atoms with E-state index in [1.54, 1.807) is 6.07 Å². The van der Waals surface area contributed by atoms with Crippen molar-refractivity contribution in [3.8, 4) is 6.07 Å². The van der Waals surface area contributed by atoms with E-state index < -0.39 is 40.8 Å². The van der Waals surface area contributed by atoms with E-state index in [1.807, 2.05) is 0 Å². The van der Waals surface area contributed by atoms with Gasteiger partial charge in [-0.25, -0.2) is 0 Å². The summed E-state index contributed by atoms with van der Waals surface area (Å²) in [6.07, 6.45) is -7.42. The van der Waals surface area contributed by atoms with Gasteiger partial charge in [0.1, 0.15) is 0 Å². The molecule has 0 aliphatic carbocycles. The molecule has 0 aromatic carbocycles. The Labute approximate surface area is 118 Å². The highest BCUT2D eigenvalue weighted by atomic mass is 32.2. The minimum atomic E-state index is -5.66. The predicted molar refractivity (Wildman–Crippen MR) is 60.6 cm³/mol. The van der Waals surface area contributed by atoms with Crippen LogP contribution in [-0.4, -0.2) is 34.4 Å². The summed E-state index contributed by atoms with van der Waals surface area (Å²) in [5, 5.41) is 7.53. The summed E-state index contributed by atoms with van der Waals surface area (Å²) >= 11 is 0.121. The Morgan fingerprint density at radius 3 is 1.90 bits per heavy atom. The number of rotatable bonds is 7. The first-order valence-electron chi connectivity index (χ1n) is 5.05. The van der Waals surface area contributed by atoms with Crippen molar-refractivity contribution in [3.05, 3.63) is 0 Å². The zero-order valence-electron chi connectivity index (χ0n) is 9.69. The van der Waals surface area contributed by atoms with Gasteiger partial charge in [0, 0.05) is 17.9 Å². The summed E-state index contributed by atoms with van der Waals surface area (Å²) in [6, 6.07) is 1.57. The summed E-state index contributed by atoms with van der Waals surface area (Å²) in [5.41, 5.74) is -4.46. The SMILES string of the molecule is N#CC(CCSC(F)(F)F)SCCC(F)(F)C(F)(F)F. The molecule has 0 spiro atoms. The second-order valence-electron chi connectivity index (χ2n) is 3.52. The summed E-state index contributed by atoms with van der Waals surface area (Å²) in [4.78, 5) is 0. The topological polar surface area (TPSA) is 23.8 Å². The van der Waals surface area contributed by atoms with Gasteiger partial charge in [-0.05, 0) is 6.42 Å². The fourth-order valence-electron chi connectivity index (χ4n) is 0.938. The number of thioether (sulfide) groups is 2. The van der Waals surface area contributed by atoms with E-state index in [2.05, 4.69) is 0 Å². The minimum absolute atomic E-state index is 0.247. The Hall–Kier alpha value is -0.370. The van der Waals surface area contributed by atoms with Gasteiger partial charge >= 0.3 is 17.6 Å². The molecule has 0 bridgehead atoms. The third-order valence-electron chi connectivity index (χ3n) is 1.94. The van der Waals surface area contributed by atoms with Gasteiger partial charge in [0.05, 0.1) is 11.3 Å². The van der Waals surface area contributed by atoms with Crippen LogP contribution in [0.25, 0.3) is 0 Å². The molecule has 0 saturated heterocycles. The standard InChI is InChI=1S/C9H9F8NS2/c10-7(11,8(12,13)14)2-4-19-6(5-18)1-3-20-9(15,16)17/h6H,1-4H2. The van der Waals surface area contributed by atoms with Crippen LogP contribution in [0, 0.1) is 11.3 Å². The molecule has 11 heteroatoms. The lowest BCUT2D eigenvalue weighted by Crippen LogP contribution is -2.36. The Balaban J connectivity index is 4.07. The molecule has 1 nitrogen and oxygen atoms in total. The summed E-state index contributed by atoms with van der Waals surface area (Å²) in [6.45, 7) is 0. The van der Waals surface area contributed by atoms with Crippen LogP contribution in [-0.2, 0) is 0 Å². The van der Waals surface area contributed by atoms with Gasteiger partial charge in [-0.15, -0.1) is 11.8 Å². The molecule has 0 amide bonds. The smallest absolute Gasteiger partial charge is 0.197 e. The minimum Gasteiger partial charge on any atom is -0.197 e. The van der Waals surface area contributed by atoms with Crippen molar-refractivity contribution < 1.29 is 35.1 Å². The fourth-order valence-corrected chi connectivity index (χ4v) is 2.69. The summed E-state index contributed by atoms with van der Waals surface area (Å²) in [7, 11) is 0. The lowest BCUT2D eigenvalue weighted by Gasteiger charge is -2.19. The fraction of sp³-hybridized carbons (Fsp3) is 0.889. The van der Waals surface area contributed by atoms with E-state index >= 15 is 0 Å². The van der Waals surface area contributed by atoms with Gasteiger partial charge in [-0.3, -0.25) is 0 Å². The quantitative estimate of drug-likeness (QED) is 0.616. The number of hydrogen-bond donors (Lipinski definition) is 0. The van der Waals surface area contributed by atoms with Crippen molar-refractivity contribution in [1.82, 2.24) is 0 Å². The molecule has 118 valence electrons. The molecule has 0 rings (SSSR count). The first kappa shape index (κ1) is 19.6. The van der Waals surface area contributed by atoms with Crippen LogP contribution in [0.4, 0.5) is 35.1 Å². The molecule has 0 aromatic heterocycles. The molecule has 0 aromatic rings. The van der Waals surface area contributed by atoms with Crippen molar-refractivity contribution in [2.75, 3.05) is 11.5 Å². The highest BCUT2D eigenvalue weighted by Gasteiger charge is 2.56. The van der Waals surface area contributed by atoms with Gasteiger partial charge < -0.3 is 0 Å². The first-order chi connectivity index (χ1) is 8.89. The Kier molecular flexibility index (Phi) is 7.44. The van der Waals surface area contributed by atoms with E-state index in [-0.39, 0.29) is 18.2 Å². The molecule has 0 heterocycles. The van der Waals surface area contributed by atoms with E-state index in [4.69, 9.17) is 5.26 Å². The third kappa shape index (κ3) is 8.04. The van der Waals surface area contributed by atoms with Gasteiger partial charge in [-0.1, -0.05) is 11.8 Å². The van der Waals surface area contributed by atoms with E-state index in [9.17, 15) is 35.1 Å². The molecule has 1 unspecified atom stereocenters. The second kappa shape index (κ2) is 7.59. The molecule has 0 aliphatic rings. The third-order valence-corrected chi connectivity index (χ3v) is 3.89. The van der Waals surface area contributed by atoms with E-state index in [1.165, 1.54) is 0 Å². The number of alkyl halides is 8. The van der Waals surface area contributed by atoms with Crippen molar-refractivity contribution in [1.29, 1.82) is 5.26 Å². The molecule has 1 atom stereocenters. The summed E-state index contributed by atoms with van der Waals surface area (Å²) in [5.74, 6) is -5.98. The monoisotopic (exact) mass is 347 g/mol. The molecular formula is C9H9F8NS2. The Morgan fingerprint density at radius 2 is 1.50 bits per heavy atom. The Morgan fingerprint density at radius 1 is 0.950 bits per heavy atom. The highest BCUT2D eigenvalue weighted by Crippen LogP contribution is 2.39. The van der Waals surface area contributed by atoms with Gasteiger partial charge in [0.2, 0.25) is 0 Å². The first-order valence-corrected chi connectivity index (χ1v) is 7.09. The molecule has 20 heavy (non-hydrogen) atoms. The molecule has 0 N–H and O–H groups in total. The van der Waals surface area contributed by atoms with Crippen molar-refractivity contribution in [2.45, 2.75) is 35.7 Å². The zero-order chi connectivity index (χ0) is 16.0. The van der Waals surface area contributed by atoms with Gasteiger partial charge in [-0.2, -0.15) is 40.4 Å². The maximum atomic E-state index is 12.5. The normalized spacial score (nSPS) is 14.9. The molecule has 0 aliphatic heterocycles.